The van der Waals surface area contributed by atoms with E-state index in [0.29, 0.717) is 30.7 Å². The van der Waals surface area contributed by atoms with Gasteiger partial charge in [0.05, 0.1) is 12.7 Å². The molecular weight excluding hydrogens is 477 g/mol. The third kappa shape index (κ3) is 5.06. The molecule has 0 radical (unpaired) electrons. The Hall–Kier alpha value is -3.79. The number of hydrogen-bond donors (Lipinski definition) is 0. The molecule has 0 bridgehead atoms. The van der Waals surface area contributed by atoms with Crippen molar-refractivity contribution < 1.29 is 23.5 Å². The van der Waals surface area contributed by atoms with E-state index in [1.165, 1.54) is 38.2 Å². The van der Waals surface area contributed by atoms with E-state index in [1.807, 2.05) is 6.92 Å². The summed E-state index contributed by atoms with van der Waals surface area (Å²) in [5.74, 6) is -1.69. The van der Waals surface area contributed by atoms with Gasteiger partial charge in [0.25, 0.3) is 17.6 Å². The molecule has 1 saturated heterocycles. The van der Waals surface area contributed by atoms with E-state index < -0.39 is 11.7 Å². The lowest BCUT2D eigenvalue weighted by molar-refractivity contribution is -0.124. The van der Waals surface area contributed by atoms with E-state index in [4.69, 9.17) is 4.74 Å². The normalized spacial score (nSPS) is 18.2. The monoisotopic (exact) mass is 509 g/mol. The molecule has 2 amide bonds. The first-order valence-electron chi connectivity index (χ1n) is 12.1. The molecule has 1 aliphatic heterocycles. The zero-order valence-corrected chi connectivity index (χ0v) is 22.0. The minimum atomic E-state index is -0.669. The van der Waals surface area contributed by atoms with Crippen LogP contribution in [0.1, 0.15) is 40.1 Å². The first-order valence-corrected chi connectivity index (χ1v) is 12.1. The average molecular weight is 510 g/mol. The molecule has 2 aromatic heterocycles. The lowest BCUT2D eigenvalue weighted by atomic mass is 10.0. The summed E-state index contributed by atoms with van der Waals surface area (Å²) in [4.78, 5) is 48.8. The van der Waals surface area contributed by atoms with Crippen molar-refractivity contribution in [2.24, 2.45) is 7.05 Å². The number of aromatic nitrogens is 2. The number of pyridine rings is 1. The van der Waals surface area contributed by atoms with Crippen LogP contribution < -0.4 is 4.74 Å². The Morgan fingerprint density at radius 3 is 2.38 bits per heavy atom. The summed E-state index contributed by atoms with van der Waals surface area (Å²) in [7, 11) is 6.19. The van der Waals surface area contributed by atoms with Crippen LogP contribution in [0.3, 0.4) is 0 Å². The van der Waals surface area contributed by atoms with Crippen LogP contribution in [-0.2, 0) is 18.4 Å². The van der Waals surface area contributed by atoms with E-state index >= 15 is 0 Å². The van der Waals surface area contributed by atoms with E-state index in [1.54, 1.807) is 40.9 Å². The maximum atomic E-state index is 13.8. The van der Waals surface area contributed by atoms with Gasteiger partial charge in [-0.15, -0.1) is 0 Å². The molecule has 1 aromatic carbocycles. The molecule has 1 fully saturated rings. The molecule has 3 heterocycles. The Labute approximate surface area is 215 Å². The summed E-state index contributed by atoms with van der Waals surface area (Å²) in [6, 6.07) is 7.99. The van der Waals surface area contributed by atoms with Gasteiger partial charge in [-0.3, -0.25) is 19.3 Å². The number of fused-ring (bicyclic) bond motifs is 1. The van der Waals surface area contributed by atoms with Crippen LogP contribution in [0.2, 0.25) is 0 Å². The number of nitrogens with zero attached hydrogens (tertiary/aromatic N) is 5. The topological polar surface area (TPSA) is 88.0 Å². The van der Waals surface area contributed by atoms with E-state index in [9.17, 15) is 18.8 Å². The average Bonchev–Trinajstić information content (AvgIpc) is 3.20. The highest BCUT2D eigenvalue weighted by molar-refractivity contribution is 6.44. The number of piperazine rings is 1. The van der Waals surface area contributed by atoms with Crippen LogP contribution in [0.15, 0.2) is 36.5 Å². The molecular formula is C27H32FN5O4. The number of halogens is 1. The second-order valence-electron chi connectivity index (χ2n) is 9.81. The van der Waals surface area contributed by atoms with Crippen LogP contribution in [-0.4, -0.2) is 88.2 Å². The summed E-state index contributed by atoms with van der Waals surface area (Å²) in [6.07, 6.45) is 1.55. The van der Waals surface area contributed by atoms with Crippen LogP contribution in [0.25, 0.3) is 11.0 Å². The van der Waals surface area contributed by atoms with E-state index in [2.05, 4.69) is 16.8 Å². The molecule has 3 aromatic rings. The fourth-order valence-electron chi connectivity index (χ4n) is 4.77. The molecule has 10 heteroatoms. The zero-order valence-electron chi connectivity index (χ0n) is 22.0. The number of likely N-dealkylation sites (N-methyl/N-ethyl adjacent to an activating group) is 1. The SMILES string of the molecule is COc1nc2c(cc1C(=O)N1C[C@H](C)N(Cc3ccc(F)cc3)C[C@H]1C)c(C(=O)C(=O)N(C)C)cn2C. The minimum absolute atomic E-state index is 0.0551. The lowest BCUT2D eigenvalue weighted by Crippen LogP contribution is -2.57. The third-order valence-corrected chi connectivity index (χ3v) is 6.86. The number of ether oxygens (including phenoxy) is 1. The predicted molar refractivity (Wildman–Crippen MR) is 137 cm³/mol. The van der Waals surface area contributed by atoms with Gasteiger partial charge < -0.3 is 19.1 Å². The summed E-state index contributed by atoms with van der Waals surface area (Å²) < 4.78 is 20.4. The number of carbonyl (C=O) groups excluding carboxylic acids is 3. The molecule has 196 valence electrons. The Morgan fingerprint density at radius 2 is 1.76 bits per heavy atom. The number of rotatable bonds is 6. The van der Waals surface area contributed by atoms with Crippen molar-refractivity contribution in [1.82, 2.24) is 24.3 Å². The summed E-state index contributed by atoms with van der Waals surface area (Å²) in [5, 5.41) is 0.419. The van der Waals surface area contributed by atoms with Gasteiger partial charge in [0.2, 0.25) is 5.88 Å². The van der Waals surface area contributed by atoms with Crippen molar-refractivity contribution in [1.29, 1.82) is 0 Å². The minimum Gasteiger partial charge on any atom is -0.480 e. The Balaban J connectivity index is 1.63. The van der Waals surface area contributed by atoms with Gasteiger partial charge in [-0.1, -0.05) is 12.1 Å². The van der Waals surface area contributed by atoms with E-state index in [-0.39, 0.29) is 40.8 Å². The molecule has 4 rings (SSSR count). The Bertz CT molecular complexity index is 1350. The quantitative estimate of drug-likeness (QED) is 0.375. The molecule has 2 atom stereocenters. The number of carbonyl (C=O) groups is 3. The lowest BCUT2D eigenvalue weighted by Gasteiger charge is -2.44. The van der Waals surface area contributed by atoms with Crippen LogP contribution in [0.5, 0.6) is 5.88 Å². The van der Waals surface area contributed by atoms with Gasteiger partial charge in [-0.25, -0.2) is 4.39 Å². The largest absolute Gasteiger partial charge is 0.480 e. The highest BCUT2D eigenvalue weighted by Gasteiger charge is 2.34. The molecule has 9 nitrogen and oxygen atoms in total. The Morgan fingerprint density at radius 1 is 1.08 bits per heavy atom. The van der Waals surface area contributed by atoms with Crippen LogP contribution in [0, 0.1) is 5.82 Å². The molecule has 0 saturated carbocycles. The number of methoxy groups -OCH3 is 1. The molecule has 0 N–H and O–H groups in total. The van der Waals surface area contributed by atoms with Gasteiger partial charge in [0, 0.05) is 64.4 Å². The summed E-state index contributed by atoms with van der Waals surface area (Å²) in [6.45, 7) is 5.79. The van der Waals surface area contributed by atoms with Crippen molar-refractivity contribution >= 4 is 28.6 Å². The fourth-order valence-corrected chi connectivity index (χ4v) is 4.77. The van der Waals surface area contributed by atoms with Gasteiger partial charge in [-0.2, -0.15) is 4.98 Å². The van der Waals surface area contributed by atoms with E-state index in [0.717, 1.165) is 5.56 Å². The number of hydrogen-bond acceptors (Lipinski definition) is 6. The Kier molecular flexibility index (Phi) is 7.31. The fraction of sp³-hybridized carbons (Fsp3) is 0.407. The van der Waals surface area contributed by atoms with Crippen LogP contribution >= 0.6 is 0 Å². The smallest absolute Gasteiger partial charge is 0.294 e. The van der Waals surface area contributed by atoms with Crippen LogP contribution in [0.4, 0.5) is 4.39 Å². The number of ketones is 1. The summed E-state index contributed by atoms with van der Waals surface area (Å²) >= 11 is 0. The highest BCUT2D eigenvalue weighted by Crippen LogP contribution is 2.29. The highest BCUT2D eigenvalue weighted by atomic mass is 19.1. The standard InChI is InChI=1S/C27H32FN5O4/c1-16-13-33(17(2)12-32(16)14-18-7-9-19(28)10-8-18)26(35)21-11-20-22(23(34)27(36)30(3)4)15-31(5)24(20)29-25(21)37-6/h7-11,15-17H,12-14H2,1-6H3/t16-,17+/m0/s1. The first kappa shape index (κ1) is 26.3. The van der Waals surface area contributed by atoms with Crippen molar-refractivity contribution in [2.75, 3.05) is 34.3 Å². The van der Waals surface area contributed by atoms with Crippen molar-refractivity contribution in [3.05, 3.63) is 59.0 Å². The number of amides is 2. The maximum absolute atomic E-state index is 13.8. The first-order chi connectivity index (χ1) is 17.5. The number of benzene rings is 1. The second kappa shape index (κ2) is 10.3. The van der Waals surface area contributed by atoms with Gasteiger partial charge in [0.1, 0.15) is 17.0 Å². The third-order valence-electron chi connectivity index (χ3n) is 6.86. The molecule has 37 heavy (non-hydrogen) atoms. The van der Waals surface area contributed by atoms with Gasteiger partial charge in [-0.05, 0) is 37.6 Å². The molecule has 0 aliphatic carbocycles. The van der Waals surface area contributed by atoms with Gasteiger partial charge >= 0.3 is 0 Å². The number of aryl methyl sites for hydroxylation is 1. The molecule has 1 aliphatic rings. The predicted octanol–water partition coefficient (Wildman–Crippen LogP) is 2.73. The molecule has 0 unspecified atom stereocenters. The zero-order chi connectivity index (χ0) is 27.0. The van der Waals surface area contributed by atoms with Crippen molar-refractivity contribution in [3.63, 3.8) is 0 Å². The number of Topliss-reactive ketones (excluding diaryl/α,β-unsaturated/α-hetero) is 1. The van der Waals surface area contributed by atoms with Crippen molar-refractivity contribution in [2.45, 2.75) is 32.5 Å². The molecule has 0 spiro atoms. The maximum Gasteiger partial charge on any atom is 0.294 e. The van der Waals surface area contributed by atoms with Crippen molar-refractivity contribution in [3.8, 4) is 5.88 Å². The second-order valence-corrected chi connectivity index (χ2v) is 9.81. The summed E-state index contributed by atoms with van der Waals surface area (Å²) in [5.41, 5.74) is 1.86. The van der Waals surface area contributed by atoms with Gasteiger partial charge in [0.15, 0.2) is 0 Å².